The van der Waals surface area contributed by atoms with Crippen molar-refractivity contribution in [2.45, 2.75) is 32.8 Å². The van der Waals surface area contributed by atoms with Gasteiger partial charge < -0.3 is 9.64 Å². The van der Waals surface area contributed by atoms with Gasteiger partial charge in [-0.2, -0.15) is 0 Å². The Morgan fingerprint density at radius 2 is 1.89 bits per heavy atom. The summed E-state index contributed by atoms with van der Waals surface area (Å²) in [5.41, 5.74) is 1.26. The molecule has 1 rings (SSSR count). The minimum absolute atomic E-state index is 0.315. The molecule has 0 saturated carbocycles. The number of carbonyl (C=O) groups is 1. The molecule has 1 amide bonds. The fourth-order valence-electron chi connectivity index (χ4n) is 1.47. The zero-order valence-corrected chi connectivity index (χ0v) is 11.9. The summed E-state index contributed by atoms with van der Waals surface area (Å²) in [6.07, 6.45) is 0.430. The van der Waals surface area contributed by atoms with Crippen LogP contribution in [0.5, 0.6) is 0 Å². The number of benzene rings is 1. The SMILES string of the molecule is [C-]#[N+]c1ccc(CCN(C)C(=O)OC(C)(C)C)cc1. The quantitative estimate of drug-likeness (QED) is 0.777. The average molecular weight is 260 g/mol. The van der Waals surface area contributed by atoms with Gasteiger partial charge in [0.2, 0.25) is 0 Å². The van der Waals surface area contributed by atoms with Crippen LogP contribution in [-0.4, -0.2) is 30.2 Å². The van der Waals surface area contributed by atoms with E-state index in [-0.39, 0.29) is 6.09 Å². The van der Waals surface area contributed by atoms with Gasteiger partial charge in [-0.1, -0.05) is 24.3 Å². The zero-order chi connectivity index (χ0) is 14.5. The number of hydrogen-bond donors (Lipinski definition) is 0. The molecule has 0 saturated heterocycles. The van der Waals surface area contributed by atoms with Gasteiger partial charge in [0.15, 0.2) is 5.69 Å². The van der Waals surface area contributed by atoms with Crippen molar-refractivity contribution in [3.05, 3.63) is 41.2 Å². The molecular weight excluding hydrogens is 240 g/mol. The van der Waals surface area contributed by atoms with Crippen LogP contribution in [0.3, 0.4) is 0 Å². The zero-order valence-electron chi connectivity index (χ0n) is 11.9. The minimum atomic E-state index is -0.470. The molecule has 0 fully saturated rings. The highest BCUT2D eigenvalue weighted by molar-refractivity contribution is 5.67. The van der Waals surface area contributed by atoms with Crippen molar-refractivity contribution < 1.29 is 9.53 Å². The molecule has 0 atom stereocenters. The van der Waals surface area contributed by atoms with Crippen LogP contribution in [0.15, 0.2) is 24.3 Å². The Kier molecular flexibility index (Phi) is 4.94. The molecule has 0 radical (unpaired) electrons. The molecule has 0 aliphatic heterocycles. The van der Waals surface area contributed by atoms with Crippen molar-refractivity contribution in [2.24, 2.45) is 0 Å². The molecule has 1 aromatic rings. The van der Waals surface area contributed by atoms with Gasteiger partial charge in [-0.05, 0) is 32.8 Å². The molecule has 0 spiro atoms. The molecule has 4 nitrogen and oxygen atoms in total. The van der Waals surface area contributed by atoms with Gasteiger partial charge in [0, 0.05) is 13.6 Å². The van der Waals surface area contributed by atoms with Crippen LogP contribution in [-0.2, 0) is 11.2 Å². The number of hydrogen-bond acceptors (Lipinski definition) is 2. The fraction of sp³-hybridized carbons (Fsp3) is 0.467. The molecule has 0 unspecified atom stereocenters. The normalized spacial score (nSPS) is 10.7. The summed E-state index contributed by atoms with van der Waals surface area (Å²) in [6, 6.07) is 7.40. The maximum absolute atomic E-state index is 11.7. The van der Waals surface area contributed by atoms with Crippen molar-refractivity contribution in [1.82, 2.24) is 4.90 Å². The number of nitrogens with zero attached hydrogens (tertiary/aromatic N) is 2. The van der Waals surface area contributed by atoms with E-state index in [4.69, 9.17) is 11.3 Å². The monoisotopic (exact) mass is 260 g/mol. The van der Waals surface area contributed by atoms with Gasteiger partial charge in [0.05, 0.1) is 6.57 Å². The molecule has 0 aromatic heterocycles. The summed E-state index contributed by atoms with van der Waals surface area (Å²) in [7, 11) is 1.72. The second-order valence-corrected chi connectivity index (χ2v) is 5.43. The van der Waals surface area contributed by atoms with E-state index in [1.165, 1.54) is 0 Å². The van der Waals surface area contributed by atoms with Crippen LogP contribution in [0.1, 0.15) is 26.3 Å². The lowest BCUT2D eigenvalue weighted by molar-refractivity contribution is 0.0301. The Bertz CT molecular complexity index is 466. The highest BCUT2D eigenvalue weighted by Crippen LogP contribution is 2.13. The van der Waals surface area contributed by atoms with Crippen molar-refractivity contribution in [3.63, 3.8) is 0 Å². The van der Waals surface area contributed by atoms with E-state index in [9.17, 15) is 4.79 Å². The molecule has 4 heteroatoms. The Hall–Kier alpha value is -2.02. The first-order valence-electron chi connectivity index (χ1n) is 6.22. The maximum Gasteiger partial charge on any atom is 0.410 e. The largest absolute Gasteiger partial charge is 0.444 e. The molecule has 0 N–H and O–H groups in total. The molecule has 0 bridgehead atoms. The van der Waals surface area contributed by atoms with E-state index in [1.807, 2.05) is 32.9 Å². The van der Waals surface area contributed by atoms with Crippen LogP contribution < -0.4 is 0 Å². The number of ether oxygens (including phenoxy) is 1. The van der Waals surface area contributed by atoms with Crippen molar-refractivity contribution in [1.29, 1.82) is 0 Å². The van der Waals surface area contributed by atoms with E-state index < -0.39 is 5.60 Å². The molecule has 1 aromatic carbocycles. The summed E-state index contributed by atoms with van der Waals surface area (Å²) in [4.78, 5) is 16.6. The minimum Gasteiger partial charge on any atom is -0.444 e. The highest BCUT2D eigenvalue weighted by atomic mass is 16.6. The number of carbonyl (C=O) groups excluding carboxylic acids is 1. The maximum atomic E-state index is 11.7. The molecule has 102 valence electrons. The van der Waals surface area contributed by atoms with Crippen LogP contribution in [0.4, 0.5) is 10.5 Å². The standard InChI is InChI=1S/C15H20N2O2/c1-15(2,3)19-14(18)17(5)11-10-12-6-8-13(16-4)9-7-12/h6-9H,10-11H2,1-3,5H3. The summed E-state index contributed by atoms with van der Waals surface area (Å²) in [5, 5.41) is 0. The van der Waals surface area contributed by atoms with Gasteiger partial charge in [0.25, 0.3) is 0 Å². The van der Waals surface area contributed by atoms with Crippen LogP contribution in [0.2, 0.25) is 0 Å². The lowest BCUT2D eigenvalue weighted by atomic mass is 10.1. The molecule has 19 heavy (non-hydrogen) atoms. The van der Waals surface area contributed by atoms with Gasteiger partial charge in [0.1, 0.15) is 5.60 Å². The Morgan fingerprint density at radius 3 is 2.37 bits per heavy atom. The third kappa shape index (κ3) is 5.43. The predicted octanol–water partition coefficient (Wildman–Crippen LogP) is 3.65. The molecule has 0 aliphatic rings. The first-order valence-corrected chi connectivity index (χ1v) is 6.22. The van der Waals surface area contributed by atoms with E-state index in [2.05, 4.69) is 4.85 Å². The lowest BCUT2D eigenvalue weighted by Gasteiger charge is -2.24. The van der Waals surface area contributed by atoms with Crippen molar-refractivity contribution >= 4 is 11.8 Å². The van der Waals surface area contributed by atoms with Crippen molar-refractivity contribution in [3.8, 4) is 0 Å². The van der Waals surface area contributed by atoms with Crippen molar-refractivity contribution in [2.75, 3.05) is 13.6 Å². The van der Waals surface area contributed by atoms with Gasteiger partial charge in [-0.3, -0.25) is 0 Å². The van der Waals surface area contributed by atoms with Gasteiger partial charge in [-0.15, -0.1) is 0 Å². The smallest absolute Gasteiger partial charge is 0.410 e. The lowest BCUT2D eigenvalue weighted by Crippen LogP contribution is -2.35. The second kappa shape index (κ2) is 6.24. The first kappa shape index (κ1) is 15.0. The number of rotatable bonds is 3. The van der Waals surface area contributed by atoms with Gasteiger partial charge >= 0.3 is 6.09 Å². The molecular formula is C15H20N2O2. The summed E-state index contributed by atoms with van der Waals surface area (Å²) in [6.45, 7) is 13.0. The Morgan fingerprint density at radius 1 is 1.32 bits per heavy atom. The average Bonchev–Trinajstić information content (AvgIpc) is 2.34. The van der Waals surface area contributed by atoms with E-state index >= 15 is 0 Å². The number of likely N-dealkylation sites (N-methyl/N-ethyl adjacent to an activating group) is 1. The van der Waals surface area contributed by atoms with Crippen LogP contribution in [0.25, 0.3) is 4.85 Å². The number of amides is 1. The summed E-state index contributed by atoms with van der Waals surface area (Å²) >= 11 is 0. The van der Waals surface area contributed by atoms with Crippen LogP contribution >= 0.6 is 0 Å². The Labute approximate surface area is 114 Å². The van der Waals surface area contributed by atoms with Crippen LogP contribution in [0, 0.1) is 6.57 Å². The van der Waals surface area contributed by atoms with E-state index in [0.29, 0.717) is 12.2 Å². The van der Waals surface area contributed by atoms with E-state index in [1.54, 1.807) is 24.1 Å². The Balaban J connectivity index is 2.47. The topological polar surface area (TPSA) is 33.9 Å². The summed E-state index contributed by atoms with van der Waals surface area (Å²) < 4.78 is 5.27. The van der Waals surface area contributed by atoms with Gasteiger partial charge in [-0.25, -0.2) is 9.64 Å². The second-order valence-electron chi connectivity index (χ2n) is 5.43. The molecule has 0 heterocycles. The summed E-state index contributed by atoms with van der Waals surface area (Å²) in [5.74, 6) is 0. The molecule has 0 aliphatic carbocycles. The third-order valence-corrected chi connectivity index (χ3v) is 2.51. The third-order valence-electron chi connectivity index (χ3n) is 2.51. The van der Waals surface area contributed by atoms with E-state index in [0.717, 1.165) is 12.0 Å². The fourth-order valence-corrected chi connectivity index (χ4v) is 1.47. The first-order chi connectivity index (χ1) is 8.81. The predicted molar refractivity (Wildman–Crippen MR) is 75.3 cm³/mol. The highest BCUT2D eigenvalue weighted by Gasteiger charge is 2.19.